The van der Waals surface area contributed by atoms with E-state index in [1.807, 2.05) is 75.5 Å². The summed E-state index contributed by atoms with van der Waals surface area (Å²) < 4.78 is 18.0. The van der Waals surface area contributed by atoms with Gasteiger partial charge in [-0.2, -0.15) is 0 Å². The molecule has 1 N–H and O–H groups in total. The van der Waals surface area contributed by atoms with Gasteiger partial charge in [-0.15, -0.1) is 21.5 Å². The van der Waals surface area contributed by atoms with Crippen LogP contribution in [0.25, 0.3) is 11.1 Å². The Balaban J connectivity index is 1.43. The highest BCUT2D eigenvalue weighted by Crippen LogP contribution is 2.40. The molecule has 4 rings (SSSR count). The van der Waals surface area contributed by atoms with Crippen LogP contribution in [0.4, 0.5) is 5.00 Å². The van der Waals surface area contributed by atoms with Crippen LogP contribution in [0.1, 0.15) is 34.1 Å². The maximum absolute atomic E-state index is 12.9. The van der Waals surface area contributed by atoms with E-state index in [0.29, 0.717) is 27.3 Å². The summed E-state index contributed by atoms with van der Waals surface area (Å²) in [5, 5.41) is 12.4. The van der Waals surface area contributed by atoms with Crippen LogP contribution in [0.2, 0.25) is 0 Å². The molecular weight excluding hydrogens is 524 g/mol. The Hall–Kier alpha value is -3.83. The van der Waals surface area contributed by atoms with Gasteiger partial charge in [-0.25, -0.2) is 4.79 Å². The summed E-state index contributed by atoms with van der Waals surface area (Å²) >= 11 is 2.59. The number of methoxy groups -OCH3 is 2. The third-order valence-corrected chi connectivity index (χ3v) is 7.77. The lowest BCUT2D eigenvalue weighted by atomic mass is 10.0. The zero-order chi connectivity index (χ0) is 27.2. The summed E-state index contributed by atoms with van der Waals surface area (Å²) in [5.41, 5.74) is 1.99. The van der Waals surface area contributed by atoms with Crippen molar-refractivity contribution in [2.45, 2.75) is 25.1 Å². The molecule has 0 saturated carbocycles. The fourth-order valence-corrected chi connectivity index (χ4v) is 5.69. The molecule has 2 heterocycles. The van der Waals surface area contributed by atoms with Gasteiger partial charge in [0.05, 0.1) is 20.0 Å². The van der Waals surface area contributed by atoms with Gasteiger partial charge in [0.25, 0.3) is 0 Å². The number of nitrogens with zero attached hydrogens (tertiary/aromatic N) is 3. The lowest BCUT2D eigenvalue weighted by Gasteiger charge is -2.14. The molecule has 38 heavy (non-hydrogen) atoms. The predicted octanol–water partition coefficient (Wildman–Crippen LogP) is 5.52. The van der Waals surface area contributed by atoms with Gasteiger partial charge >= 0.3 is 5.97 Å². The molecule has 0 aliphatic rings. The molecule has 1 amide bonds. The first-order valence-electron chi connectivity index (χ1n) is 11.7. The van der Waals surface area contributed by atoms with Gasteiger partial charge in [0.2, 0.25) is 5.91 Å². The van der Waals surface area contributed by atoms with E-state index in [-0.39, 0.29) is 17.8 Å². The van der Waals surface area contributed by atoms with Crippen molar-refractivity contribution in [3.63, 3.8) is 0 Å². The lowest BCUT2D eigenvalue weighted by molar-refractivity contribution is -0.113. The van der Waals surface area contributed by atoms with Crippen molar-refractivity contribution in [1.29, 1.82) is 0 Å². The third kappa shape index (κ3) is 6.00. The first-order valence-corrected chi connectivity index (χ1v) is 13.5. The number of nitrogens with one attached hydrogen (secondary N) is 1. The quantitative estimate of drug-likeness (QED) is 0.203. The molecule has 4 aromatic rings. The molecule has 0 saturated heterocycles. The minimum absolute atomic E-state index is 0.0813. The second-order valence-corrected chi connectivity index (χ2v) is 10.4. The zero-order valence-corrected chi connectivity index (χ0v) is 23.3. The number of rotatable bonds is 10. The zero-order valence-electron chi connectivity index (χ0n) is 21.7. The van der Waals surface area contributed by atoms with Crippen molar-refractivity contribution < 1.29 is 23.8 Å². The molecule has 0 aliphatic heterocycles. The molecule has 198 valence electrons. The smallest absolute Gasteiger partial charge is 0.341 e. The first kappa shape index (κ1) is 27.2. The van der Waals surface area contributed by atoms with Gasteiger partial charge in [0, 0.05) is 17.5 Å². The summed E-state index contributed by atoms with van der Waals surface area (Å²) in [6.07, 6.45) is -0.364. The molecule has 9 nitrogen and oxygen atoms in total. The van der Waals surface area contributed by atoms with Crippen molar-refractivity contribution in [2.24, 2.45) is 7.05 Å². The molecule has 0 aliphatic carbocycles. The van der Waals surface area contributed by atoms with Gasteiger partial charge < -0.3 is 24.1 Å². The molecule has 0 spiro atoms. The molecule has 1 unspecified atom stereocenters. The van der Waals surface area contributed by atoms with Gasteiger partial charge in [-0.3, -0.25) is 4.79 Å². The van der Waals surface area contributed by atoms with Crippen LogP contribution >= 0.6 is 23.1 Å². The maximum atomic E-state index is 12.9. The fraction of sp³-hybridized carbons (Fsp3) is 0.259. The van der Waals surface area contributed by atoms with Crippen LogP contribution in [0, 0.1) is 6.92 Å². The van der Waals surface area contributed by atoms with Gasteiger partial charge in [-0.05, 0) is 43.7 Å². The first-order chi connectivity index (χ1) is 18.3. The molecule has 0 radical (unpaired) electrons. The number of ether oxygens (including phenoxy) is 3. The number of esters is 1. The minimum atomic E-state index is -0.500. The van der Waals surface area contributed by atoms with Gasteiger partial charge in [-0.1, -0.05) is 42.1 Å². The van der Waals surface area contributed by atoms with Crippen molar-refractivity contribution in [1.82, 2.24) is 14.8 Å². The summed E-state index contributed by atoms with van der Waals surface area (Å²) in [7, 11) is 4.77. The van der Waals surface area contributed by atoms with Crippen molar-refractivity contribution in [3.05, 3.63) is 70.9 Å². The Bertz CT molecular complexity index is 1420. The number of anilines is 1. The van der Waals surface area contributed by atoms with Crippen LogP contribution in [-0.2, 0) is 16.6 Å². The normalized spacial score (nSPS) is 11.6. The van der Waals surface area contributed by atoms with Crippen LogP contribution in [-0.4, -0.2) is 46.6 Å². The number of aryl methyl sites for hydroxylation is 1. The molecule has 11 heteroatoms. The molecule has 0 bridgehead atoms. The number of amides is 1. The standard InChI is InChI=1S/C27H28N4O5S2/c1-16(36-20-13-11-19(34-4)12-14-20)24-29-30-27(31(24)3)37-15-21(32)28-25-23(26(33)35-5)22(17(2)38-25)18-9-7-6-8-10-18/h6-14,16H,15H2,1-5H3,(H,28,32). The Morgan fingerprint density at radius 1 is 1.05 bits per heavy atom. The number of hydrogen-bond donors (Lipinski definition) is 1. The summed E-state index contributed by atoms with van der Waals surface area (Å²) in [6.45, 7) is 3.80. The number of thioether (sulfide) groups is 1. The lowest BCUT2D eigenvalue weighted by Crippen LogP contribution is -2.16. The maximum Gasteiger partial charge on any atom is 0.341 e. The van der Waals surface area contributed by atoms with Gasteiger partial charge in [0.1, 0.15) is 22.1 Å². The van der Waals surface area contributed by atoms with Crippen LogP contribution < -0.4 is 14.8 Å². The fourth-order valence-electron chi connectivity index (χ4n) is 3.89. The Labute approximate surface area is 229 Å². The molecule has 2 aromatic heterocycles. The number of aromatic nitrogens is 3. The SMILES string of the molecule is COC(=O)c1c(NC(=O)CSc2nnc(C(C)Oc3ccc(OC)cc3)n2C)sc(C)c1-c1ccccc1. The van der Waals surface area contributed by atoms with E-state index in [2.05, 4.69) is 15.5 Å². The van der Waals surface area contributed by atoms with E-state index in [9.17, 15) is 9.59 Å². The topological polar surface area (TPSA) is 105 Å². The van der Waals surface area contributed by atoms with E-state index >= 15 is 0 Å². The van der Waals surface area contributed by atoms with E-state index in [4.69, 9.17) is 14.2 Å². The molecular formula is C27H28N4O5S2. The van der Waals surface area contributed by atoms with Crippen LogP contribution in [0.5, 0.6) is 11.5 Å². The van der Waals surface area contributed by atoms with Crippen molar-refractivity contribution in [2.75, 3.05) is 25.3 Å². The number of carbonyl (C=O) groups excluding carboxylic acids is 2. The van der Waals surface area contributed by atoms with E-state index in [1.54, 1.807) is 11.7 Å². The average Bonchev–Trinajstić information content (AvgIpc) is 3.46. The predicted molar refractivity (Wildman–Crippen MR) is 148 cm³/mol. The molecule has 0 fully saturated rings. The Morgan fingerprint density at radius 3 is 2.39 bits per heavy atom. The highest BCUT2D eigenvalue weighted by atomic mass is 32.2. The van der Waals surface area contributed by atoms with E-state index in [1.165, 1.54) is 30.2 Å². The van der Waals surface area contributed by atoms with E-state index < -0.39 is 5.97 Å². The Kier molecular flexibility index (Phi) is 8.70. The number of benzene rings is 2. The second-order valence-electron chi connectivity index (χ2n) is 8.27. The summed E-state index contributed by atoms with van der Waals surface area (Å²) in [6, 6.07) is 16.9. The summed E-state index contributed by atoms with van der Waals surface area (Å²) in [4.78, 5) is 26.5. The molecule has 1 atom stereocenters. The largest absolute Gasteiger partial charge is 0.497 e. The highest BCUT2D eigenvalue weighted by Gasteiger charge is 2.25. The number of thiophene rings is 1. The van der Waals surface area contributed by atoms with Crippen molar-refractivity contribution in [3.8, 4) is 22.6 Å². The van der Waals surface area contributed by atoms with Crippen LogP contribution in [0.3, 0.4) is 0 Å². The van der Waals surface area contributed by atoms with E-state index in [0.717, 1.165) is 21.8 Å². The molecule has 2 aromatic carbocycles. The summed E-state index contributed by atoms with van der Waals surface area (Å²) in [5.74, 6) is 1.36. The number of hydrogen-bond acceptors (Lipinski definition) is 9. The number of carbonyl (C=O) groups is 2. The van der Waals surface area contributed by atoms with Crippen molar-refractivity contribution >= 4 is 40.0 Å². The average molecular weight is 553 g/mol. The van der Waals surface area contributed by atoms with Crippen LogP contribution in [0.15, 0.2) is 59.8 Å². The Morgan fingerprint density at radius 2 is 1.74 bits per heavy atom. The highest BCUT2D eigenvalue weighted by molar-refractivity contribution is 7.99. The monoisotopic (exact) mass is 552 g/mol. The third-order valence-electron chi connectivity index (χ3n) is 5.73. The second kappa shape index (κ2) is 12.1. The van der Waals surface area contributed by atoms with Gasteiger partial charge in [0.15, 0.2) is 17.1 Å². The minimum Gasteiger partial charge on any atom is -0.497 e.